The fourth-order valence-electron chi connectivity index (χ4n) is 3.83. The first-order chi connectivity index (χ1) is 8.70. The van der Waals surface area contributed by atoms with Crippen LogP contribution in [0.3, 0.4) is 0 Å². The maximum absolute atomic E-state index is 12.0. The summed E-state index contributed by atoms with van der Waals surface area (Å²) in [5.74, 6) is 0.517. The van der Waals surface area contributed by atoms with E-state index in [1.807, 2.05) is 4.90 Å². The van der Waals surface area contributed by atoms with Crippen LogP contribution in [-0.2, 0) is 0 Å². The molecule has 0 aromatic rings. The first kappa shape index (κ1) is 11.7. The Hall–Kier alpha value is -1.36. The van der Waals surface area contributed by atoms with E-state index < -0.39 is 0 Å². The third kappa shape index (κ3) is 1.37. The van der Waals surface area contributed by atoms with Gasteiger partial charge in [-0.15, -0.1) is 6.58 Å². The lowest BCUT2D eigenvalue weighted by Crippen LogP contribution is -2.62. The molecule has 5 nitrogen and oxygen atoms in total. The molecule has 3 aliphatic rings. The van der Waals surface area contributed by atoms with Crippen molar-refractivity contribution in [2.75, 3.05) is 19.6 Å². The molecule has 2 N–H and O–H groups in total. The first-order valence-electron chi connectivity index (χ1n) is 6.71. The predicted octanol–water partition coefficient (Wildman–Crippen LogP) is 0.962. The SMILES string of the molecule is C=CCN1C(=O)N=C(N)C12CCN1CCCCC12. The van der Waals surface area contributed by atoms with E-state index in [9.17, 15) is 4.79 Å². The maximum atomic E-state index is 12.0. The van der Waals surface area contributed by atoms with Gasteiger partial charge in [0.25, 0.3) is 0 Å². The van der Waals surface area contributed by atoms with Gasteiger partial charge >= 0.3 is 6.03 Å². The van der Waals surface area contributed by atoms with Gasteiger partial charge in [-0.05, 0) is 25.8 Å². The Kier molecular flexibility index (Phi) is 2.66. The third-order valence-electron chi connectivity index (χ3n) is 4.63. The number of hydrogen-bond acceptors (Lipinski definition) is 3. The molecule has 2 fully saturated rings. The van der Waals surface area contributed by atoms with Gasteiger partial charge < -0.3 is 10.6 Å². The summed E-state index contributed by atoms with van der Waals surface area (Å²) in [5.41, 5.74) is 5.76. The number of rotatable bonds is 2. The minimum absolute atomic E-state index is 0.195. The second-order valence-corrected chi connectivity index (χ2v) is 5.40. The van der Waals surface area contributed by atoms with Gasteiger partial charge in [-0.25, -0.2) is 4.79 Å². The zero-order chi connectivity index (χ0) is 12.8. The van der Waals surface area contributed by atoms with Gasteiger partial charge in [0.2, 0.25) is 0 Å². The van der Waals surface area contributed by atoms with E-state index in [1.54, 1.807) is 6.08 Å². The lowest BCUT2D eigenvalue weighted by molar-refractivity contribution is 0.113. The van der Waals surface area contributed by atoms with Crippen LogP contribution in [0.2, 0.25) is 0 Å². The molecule has 0 bridgehead atoms. The molecule has 2 amide bonds. The minimum Gasteiger partial charge on any atom is -0.385 e. The number of fused-ring (bicyclic) bond motifs is 2. The van der Waals surface area contributed by atoms with Crippen LogP contribution in [0.1, 0.15) is 25.7 Å². The van der Waals surface area contributed by atoms with Crippen molar-refractivity contribution in [1.29, 1.82) is 0 Å². The van der Waals surface area contributed by atoms with Crippen LogP contribution in [0.15, 0.2) is 17.6 Å². The number of amides is 2. The average Bonchev–Trinajstić information content (AvgIpc) is 2.86. The molecule has 0 aliphatic carbocycles. The van der Waals surface area contributed by atoms with Crippen molar-refractivity contribution in [3.8, 4) is 0 Å². The van der Waals surface area contributed by atoms with Gasteiger partial charge in [0.1, 0.15) is 11.4 Å². The van der Waals surface area contributed by atoms with Crippen LogP contribution in [-0.4, -0.2) is 52.9 Å². The number of nitrogens with two attached hydrogens (primary N) is 1. The van der Waals surface area contributed by atoms with Crippen molar-refractivity contribution in [1.82, 2.24) is 9.80 Å². The standard InChI is InChI=1S/C13H20N4O/c1-2-7-17-12(18)15-11(14)13(17)6-9-16-8-4-3-5-10(13)16/h2,10H,1,3-9H2,(H2,14,15,18). The molecule has 0 saturated carbocycles. The van der Waals surface area contributed by atoms with Gasteiger partial charge in [-0.1, -0.05) is 12.5 Å². The van der Waals surface area contributed by atoms with Gasteiger partial charge in [0.15, 0.2) is 0 Å². The highest BCUT2D eigenvalue weighted by Gasteiger charge is 2.58. The molecular formula is C13H20N4O. The Morgan fingerprint density at radius 2 is 2.33 bits per heavy atom. The molecule has 98 valence electrons. The highest BCUT2D eigenvalue weighted by Crippen LogP contribution is 2.42. The van der Waals surface area contributed by atoms with Crippen molar-refractivity contribution in [2.45, 2.75) is 37.3 Å². The van der Waals surface area contributed by atoms with Crippen molar-refractivity contribution >= 4 is 11.9 Å². The van der Waals surface area contributed by atoms with Crippen LogP contribution in [0, 0.1) is 0 Å². The number of urea groups is 1. The molecule has 2 saturated heterocycles. The van der Waals surface area contributed by atoms with E-state index in [0.717, 1.165) is 25.9 Å². The van der Waals surface area contributed by atoms with Gasteiger partial charge in [-0.2, -0.15) is 4.99 Å². The lowest BCUT2D eigenvalue weighted by Gasteiger charge is -2.42. The maximum Gasteiger partial charge on any atom is 0.346 e. The third-order valence-corrected chi connectivity index (χ3v) is 4.63. The largest absolute Gasteiger partial charge is 0.385 e. The zero-order valence-electron chi connectivity index (χ0n) is 10.6. The van der Waals surface area contributed by atoms with Gasteiger partial charge in [0.05, 0.1) is 0 Å². The van der Waals surface area contributed by atoms with Crippen molar-refractivity contribution in [3.05, 3.63) is 12.7 Å². The average molecular weight is 248 g/mol. The predicted molar refractivity (Wildman–Crippen MR) is 70.5 cm³/mol. The monoisotopic (exact) mass is 248 g/mol. The minimum atomic E-state index is -0.355. The van der Waals surface area contributed by atoms with Crippen LogP contribution in [0.5, 0.6) is 0 Å². The van der Waals surface area contributed by atoms with E-state index in [4.69, 9.17) is 5.73 Å². The van der Waals surface area contributed by atoms with E-state index in [0.29, 0.717) is 18.4 Å². The highest BCUT2D eigenvalue weighted by atomic mass is 16.2. The zero-order valence-corrected chi connectivity index (χ0v) is 10.6. The summed E-state index contributed by atoms with van der Waals surface area (Å²) in [6.07, 6.45) is 6.24. The van der Waals surface area contributed by atoms with Crippen LogP contribution >= 0.6 is 0 Å². The Morgan fingerprint density at radius 3 is 3.11 bits per heavy atom. The van der Waals surface area contributed by atoms with Crippen LogP contribution in [0.4, 0.5) is 4.79 Å². The summed E-state index contributed by atoms with van der Waals surface area (Å²) in [6.45, 7) is 6.41. The fraction of sp³-hybridized carbons (Fsp3) is 0.692. The molecular weight excluding hydrogens is 228 g/mol. The molecule has 3 aliphatic heterocycles. The van der Waals surface area contributed by atoms with E-state index >= 15 is 0 Å². The summed E-state index contributed by atoms with van der Waals surface area (Å²) < 4.78 is 0. The van der Waals surface area contributed by atoms with Crippen molar-refractivity contribution < 1.29 is 4.79 Å². The molecule has 1 spiro atoms. The van der Waals surface area contributed by atoms with E-state index in [-0.39, 0.29) is 11.6 Å². The topological polar surface area (TPSA) is 61.9 Å². The number of piperidine rings is 1. The number of carbonyl (C=O) groups is 1. The molecule has 0 aromatic heterocycles. The number of carbonyl (C=O) groups excluding carboxylic acids is 1. The molecule has 3 heterocycles. The summed E-state index contributed by atoms with van der Waals surface area (Å²) >= 11 is 0. The number of aliphatic imine (C=N–C) groups is 1. The second kappa shape index (κ2) is 4.09. The van der Waals surface area contributed by atoms with E-state index in [2.05, 4.69) is 16.5 Å². The Bertz CT molecular complexity index is 419. The number of nitrogens with zero attached hydrogens (tertiary/aromatic N) is 3. The van der Waals surface area contributed by atoms with Crippen LogP contribution in [0.25, 0.3) is 0 Å². The second-order valence-electron chi connectivity index (χ2n) is 5.40. The molecule has 2 unspecified atom stereocenters. The Labute approximate surface area is 107 Å². The van der Waals surface area contributed by atoms with Gasteiger partial charge in [-0.3, -0.25) is 4.90 Å². The molecule has 18 heavy (non-hydrogen) atoms. The molecule has 3 rings (SSSR count). The molecule has 5 heteroatoms. The highest BCUT2D eigenvalue weighted by molar-refractivity contribution is 6.06. The molecule has 0 radical (unpaired) electrons. The fourth-order valence-corrected chi connectivity index (χ4v) is 3.83. The van der Waals surface area contributed by atoms with Gasteiger partial charge in [0, 0.05) is 19.1 Å². The summed E-state index contributed by atoms with van der Waals surface area (Å²) in [4.78, 5) is 20.3. The summed E-state index contributed by atoms with van der Waals surface area (Å²) in [7, 11) is 0. The quantitative estimate of drug-likeness (QED) is 0.740. The Balaban J connectivity index is 1.98. The summed E-state index contributed by atoms with van der Waals surface area (Å²) in [6, 6.07) is 0.154. The lowest BCUT2D eigenvalue weighted by atomic mass is 9.83. The Morgan fingerprint density at radius 1 is 1.50 bits per heavy atom. The van der Waals surface area contributed by atoms with Crippen LogP contribution < -0.4 is 5.73 Å². The van der Waals surface area contributed by atoms with E-state index in [1.165, 1.54) is 12.8 Å². The van der Waals surface area contributed by atoms with Crippen molar-refractivity contribution in [3.63, 3.8) is 0 Å². The normalized spacial score (nSPS) is 36.0. The summed E-state index contributed by atoms with van der Waals surface area (Å²) in [5, 5.41) is 0. The van der Waals surface area contributed by atoms with Crippen molar-refractivity contribution in [2.24, 2.45) is 10.7 Å². The number of amidine groups is 1. The number of hydrogen-bond donors (Lipinski definition) is 1. The molecule has 2 atom stereocenters. The molecule has 0 aromatic carbocycles. The smallest absolute Gasteiger partial charge is 0.346 e. The first-order valence-corrected chi connectivity index (χ1v) is 6.71.